The third kappa shape index (κ3) is 5.15. The molecule has 6 heteroatoms. The molecule has 3 rings (SSSR count). The molecule has 1 aliphatic rings. The number of aromatic nitrogens is 1. The van der Waals surface area contributed by atoms with Crippen molar-refractivity contribution in [2.24, 2.45) is 15.9 Å². The van der Waals surface area contributed by atoms with E-state index in [1.165, 1.54) is 5.57 Å². The SMILES string of the molecule is CN=C(OC1=CC(C)C=C(C)C=C1C)c1cc[nH]c1/N=C/Nc1ccc(C#N)cc1. The van der Waals surface area contributed by atoms with Crippen molar-refractivity contribution in [1.82, 2.24) is 4.98 Å². The van der Waals surface area contributed by atoms with Gasteiger partial charge in [0.05, 0.1) is 23.5 Å². The highest BCUT2D eigenvalue weighted by atomic mass is 16.5. The quantitative estimate of drug-likeness (QED) is 0.516. The molecule has 1 aromatic carbocycles. The first-order valence-electron chi connectivity index (χ1n) is 9.70. The van der Waals surface area contributed by atoms with Crippen LogP contribution < -0.4 is 5.32 Å². The summed E-state index contributed by atoms with van der Waals surface area (Å²) in [4.78, 5) is 11.9. The molecule has 0 fully saturated rings. The van der Waals surface area contributed by atoms with Crippen LogP contribution in [-0.4, -0.2) is 24.3 Å². The number of allylic oxidation sites excluding steroid dienone is 5. The molecule has 1 heterocycles. The van der Waals surface area contributed by atoms with Gasteiger partial charge in [0.2, 0.25) is 5.90 Å². The summed E-state index contributed by atoms with van der Waals surface area (Å²) < 4.78 is 6.19. The topological polar surface area (TPSA) is 85.6 Å². The van der Waals surface area contributed by atoms with Crippen LogP contribution in [0.5, 0.6) is 0 Å². The average Bonchev–Trinajstić information content (AvgIpc) is 3.14. The second-order valence-corrected chi connectivity index (χ2v) is 7.09. The van der Waals surface area contributed by atoms with Crippen molar-refractivity contribution in [2.45, 2.75) is 20.8 Å². The van der Waals surface area contributed by atoms with Crippen molar-refractivity contribution in [1.29, 1.82) is 5.26 Å². The zero-order valence-corrected chi connectivity index (χ0v) is 17.6. The Bertz CT molecular complexity index is 1090. The van der Waals surface area contributed by atoms with Gasteiger partial charge in [-0.1, -0.05) is 24.6 Å². The molecule has 0 aliphatic heterocycles. The third-order valence-electron chi connectivity index (χ3n) is 4.58. The molecule has 0 bridgehead atoms. The molecule has 30 heavy (non-hydrogen) atoms. The van der Waals surface area contributed by atoms with Gasteiger partial charge in [-0.05, 0) is 61.7 Å². The maximum Gasteiger partial charge on any atom is 0.225 e. The molecule has 1 aromatic heterocycles. The second kappa shape index (κ2) is 9.57. The lowest BCUT2D eigenvalue weighted by Crippen LogP contribution is -2.08. The second-order valence-electron chi connectivity index (χ2n) is 7.09. The number of ether oxygens (including phenoxy) is 1. The molecule has 0 amide bonds. The van der Waals surface area contributed by atoms with Crippen molar-refractivity contribution in [3.05, 3.63) is 82.8 Å². The van der Waals surface area contributed by atoms with E-state index in [2.05, 4.69) is 58.4 Å². The summed E-state index contributed by atoms with van der Waals surface area (Å²) in [6, 6.07) is 11.1. The minimum absolute atomic E-state index is 0.271. The van der Waals surface area contributed by atoms with Gasteiger partial charge in [-0.25, -0.2) is 4.99 Å². The Hall–Kier alpha value is -3.85. The zero-order chi connectivity index (χ0) is 21.5. The molecule has 0 spiro atoms. The van der Waals surface area contributed by atoms with Crippen LogP contribution in [0.4, 0.5) is 11.5 Å². The van der Waals surface area contributed by atoms with Gasteiger partial charge < -0.3 is 15.0 Å². The molecule has 2 N–H and O–H groups in total. The first-order chi connectivity index (χ1) is 14.5. The highest BCUT2D eigenvalue weighted by Crippen LogP contribution is 2.25. The molecule has 6 nitrogen and oxygen atoms in total. The number of benzene rings is 1. The van der Waals surface area contributed by atoms with Crippen LogP contribution in [0.3, 0.4) is 0 Å². The lowest BCUT2D eigenvalue weighted by atomic mass is 10.1. The van der Waals surface area contributed by atoms with E-state index in [0.717, 1.165) is 22.6 Å². The normalized spacial score (nSPS) is 17.0. The first-order valence-corrected chi connectivity index (χ1v) is 9.70. The third-order valence-corrected chi connectivity index (χ3v) is 4.58. The monoisotopic (exact) mass is 399 g/mol. The summed E-state index contributed by atoms with van der Waals surface area (Å²) in [6.45, 7) is 6.25. The van der Waals surface area contributed by atoms with Crippen molar-refractivity contribution in [3.8, 4) is 6.07 Å². The Morgan fingerprint density at radius 1 is 1.20 bits per heavy atom. The van der Waals surface area contributed by atoms with E-state index in [1.54, 1.807) is 31.7 Å². The number of nitriles is 1. The summed E-state index contributed by atoms with van der Waals surface area (Å²) >= 11 is 0. The Morgan fingerprint density at radius 2 is 1.97 bits per heavy atom. The van der Waals surface area contributed by atoms with Gasteiger partial charge >= 0.3 is 0 Å². The number of nitrogens with one attached hydrogen (secondary N) is 2. The predicted molar refractivity (Wildman–Crippen MR) is 122 cm³/mol. The average molecular weight is 399 g/mol. The Labute approximate surface area is 177 Å². The van der Waals surface area contributed by atoms with Crippen LogP contribution in [0.1, 0.15) is 31.9 Å². The summed E-state index contributed by atoms with van der Waals surface area (Å²) in [5, 5.41) is 12.0. The van der Waals surface area contributed by atoms with E-state index in [9.17, 15) is 0 Å². The number of H-pyrrole nitrogens is 1. The highest BCUT2D eigenvalue weighted by Gasteiger charge is 2.16. The molecule has 1 atom stereocenters. The fourth-order valence-corrected chi connectivity index (χ4v) is 3.19. The van der Waals surface area contributed by atoms with Crippen LogP contribution in [-0.2, 0) is 4.74 Å². The number of aromatic amines is 1. The van der Waals surface area contributed by atoms with Gasteiger partial charge in [0, 0.05) is 18.9 Å². The molecule has 1 unspecified atom stereocenters. The molecule has 1 aliphatic carbocycles. The number of hydrogen-bond acceptors (Lipinski definition) is 4. The summed E-state index contributed by atoms with van der Waals surface area (Å²) in [5.74, 6) is 2.19. The fraction of sp³-hybridized carbons (Fsp3) is 0.208. The number of rotatable bonds is 5. The van der Waals surface area contributed by atoms with E-state index < -0.39 is 0 Å². The lowest BCUT2D eigenvalue weighted by Gasteiger charge is -2.13. The van der Waals surface area contributed by atoms with Gasteiger partial charge in [0.25, 0.3) is 0 Å². The van der Waals surface area contributed by atoms with Crippen LogP contribution >= 0.6 is 0 Å². The minimum atomic E-state index is 0.271. The van der Waals surface area contributed by atoms with E-state index in [1.807, 2.05) is 25.1 Å². The Balaban J connectivity index is 1.75. The number of hydrogen-bond donors (Lipinski definition) is 2. The van der Waals surface area contributed by atoms with Crippen molar-refractivity contribution < 1.29 is 4.74 Å². The maximum absolute atomic E-state index is 8.88. The standard InChI is InChI=1S/C24H25N5O/c1-16-11-17(2)13-22(18(3)12-16)30-24(26-4)21-9-10-27-23(21)29-15-28-20-7-5-19(14-25)6-8-20/h5-13,15,17,27H,1-4H3,(H,28,29). The van der Waals surface area contributed by atoms with Gasteiger partial charge in [-0.3, -0.25) is 4.99 Å². The number of nitrogens with zero attached hydrogens (tertiary/aromatic N) is 3. The fourth-order valence-electron chi connectivity index (χ4n) is 3.19. The zero-order valence-electron chi connectivity index (χ0n) is 17.6. The van der Waals surface area contributed by atoms with Crippen LogP contribution in [0, 0.1) is 17.2 Å². The molecule has 152 valence electrons. The summed E-state index contributed by atoms with van der Waals surface area (Å²) in [5.41, 5.74) is 4.49. The molecule has 2 aromatic rings. The molecule has 0 saturated carbocycles. The number of aliphatic imine (C=N–C) groups is 2. The van der Waals surface area contributed by atoms with Crippen molar-refractivity contribution in [3.63, 3.8) is 0 Å². The van der Waals surface area contributed by atoms with Gasteiger partial charge in [-0.15, -0.1) is 0 Å². The molecule has 0 saturated heterocycles. The van der Waals surface area contributed by atoms with E-state index in [0.29, 0.717) is 17.3 Å². The first kappa shape index (κ1) is 20.9. The summed E-state index contributed by atoms with van der Waals surface area (Å²) in [7, 11) is 1.70. The maximum atomic E-state index is 8.88. The van der Waals surface area contributed by atoms with Crippen molar-refractivity contribution in [2.75, 3.05) is 12.4 Å². The van der Waals surface area contributed by atoms with Gasteiger partial charge in [-0.2, -0.15) is 5.26 Å². The van der Waals surface area contributed by atoms with E-state index >= 15 is 0 Å². The smallest absolute Gasteiger partial charge is 0.225 e. The van der Waals surface area contributed by atoms with E-state index in [-0.39, 0.29) is 5.92 Å². The lowest BCUT2D eigenvalue weighted by molar-refractivity contribution is 0.422. The highest BCUT2D eigenvalue weighted by molar-refractivity contribution is 5.99. The number of anilines is 1. The largest absolute Gasteiger partial charge is 0.439 e. The van der Waals surface area contributed by atoms with E-state index in [4.69, 9.17) is 10.00 Å². The Kier molecular flexibility index (Phi) is 6.66. The van der Waals surface area contributed by atoms with Crippen LogP contribution in [0.2, 0.25) is 0 Å². The summed E-state index contributed by atoms with van der Waals surface area (Å²) in [6.07, 6.45) is 9.80. The molecule has 0 radical (unpaired) electrons. The predicted octanol–water partition coefficient (Wildman–Crippen LogP) is 5.48. The molecular weight excluding hydrogens is 374 g/mol. The minimum Gasteiger partial charge on any atom is -0.439 e. The van der Waals surface area contributed by atoms with Crippen LogP contribution in [0.25, 0.3) is 0 Å². The Morgan fingerprint density at radius 3 is 2.67 bits per heavy atom. The van der Waals surface area contributed by atoms with Gasteiger partial charge in [0.1, 0.15) is 11.6 Å². The van der Waals surface area contributed by atoms with Crippen LogP contribution in [0.15, 0.2) is 81.6 Å². The van der Waals surface area contributed by atoms with Gasteiger partial charge in [0.15, 0.2) is 0 Å². The van der Waals surface area contributed by atoms with Crippen molar-refractivity contribution >= 4 is 23.7 Å². The molecular formula is C24H25N5O.